The van der Waals surface area contributed by atoms with Crippen LogP contribution in [0.4, 0.5) is 0 Å². The number of amides is 1. The van der Waals surface area contributed by atoms with Gasteiger partial charge < -0.3 is 10.2 Å². The monoisotopic (exact) mass is 295 g/mol. The van der Waals surface area contributed by atoms with Gasteiger partial charge in [0, 0.05) is 12.6 Å². The third kappa shape index (κ3) is 3.58. The number of thiazole rings is 1. The Morgan fingerprint density at radius 3 is 2.75 bits per heavy atom. The molecule has 1 aromatic heterocycles. The number of nitrogens with one attached hydrogen (secondary N) is 1. The van der Waals surface area contributed by atoms with Crippen molar-refractivity contribution in [2.24, 2.45) is 5.92 Å². The Bertz CT molecular complexity index is 464. The molecule has 1 N–H and O–H groups in total. The molecule has 0 radical (unpaired) electrons. The number of carbonyl (C=O) groups excluding carboxylic acids is 1. The summed E-state index contributed by atoms with van der Waals surface area (Å²) >= 11 is 1.51. The van der Waals surface area contributed by atoms with Crippen molar-refractivity contribution >= 4 is 17.2 Å². The highest BCUT2D eigenvalue weighted by molar-refractivity contribution is 7.13. The standard InChI is InChI=1S/C15H25N3OS/c1-10(2)18(9-13-6-5-7-16-8-13)15(19)14-11(3)17-12(4)20-14/h10,13,16H,5-9H2,1-4H3. The van der Waals surface area contributed by atoms with E-state index in [4.69, 9.17) is 0 Å². The third-order valence-corrected chi connectivity index (χ3v) is 4.90. The van der Waals surface area contributed by atoms with E-state index < -0.39 is 0 Å². The highest BCUT2D eigenvalue weighted by atomic mass is 32.1. The van der Waals surface area contributed by atoms with E-state index in [1.807, 2.05) is 18.7 Å². The molecule has 0 spiro atoms. The van der Waals surface area contributed by atoms with Crippen molar-refractivity contribution in [1.29, 1.82) is 0 Å². The van der Waals surface area contributed by atoms with Crippen LogP contribution in [0, 0.1) is 19.8 Å². The number of hydrogen-bond acceptors (Lipinski definition) is 4. The maximum absolute atomic E-state index is 12.8. The lowest BCUT2D eigenvalue weighted by Crippen LogP contribution is -2.44. The van der Waals surface area contributed by atoms with Crippen LogP contribution in [0.3, 0.4) is 0 Å². The highest BCUT2D eigenvalue weighted by Gasteiger charge is 2.26. The van der Waals surface area contributed by atoms with Crippen LogP contribution in [0.5, 0.6) is 0 Å². The van der Waals surface area contributed by atoms with Crippen molar-refractivity contribution in [1.82, 2.24) is 15.2 Å². The molecule has 0 aliphatic carbocycles. The molecule has 1 amide bonds. The van der Waals surface area contributed by atoms with Gasteiger partial charge in [-0.1, -0.05) is 0 Å². The number of nitrogens with zero attached hydrogens (tertiary/aromatic N) is 2. The molecule has 2 heterocycles. The predicted molar refractivity (Wildman–Crippen MR) is 83.4 cm³/mol. The SMILES string of the molecule is Cc1nc(C)c(C(=O)N(CC2CCCNC2)C(C)C)s1. The van der Waals surface area contributed by atoms with Gasteiger partial charge in [0.2, 0.25) is 0 Å². The average Bonchev–Trinajstić information content (AvgIpc) is 2.75. The van der Waals surface area contributed by atoms with Gasteiger partial charge in [-0.2, -0.15) is 0 Å². The van der Waals surface area contributed by atoms with E-state index in [0.29, 0.717) is 5.92 Å². The minimum atomic E-state index is 0.147. The summed E-state index contributed by atoms with van der Waals surface area (Å²) in [6.07, 6.45) is 2.42. The normalized spacial score (nSPS) is 19.4. The van der Waals surface area contributed by atoms with Crippen LogP contribution in [-0.2, 0) is 0 Å². The van der Waals surface area contributed by atoms with Crippen molar-refractivity contribution in [3.05, 3.63) is 15.6 Å². The minimum absolute atomic E-state index is 0.147. The van der Waals surface area contributed by atoms with Crippen LogP contribution in [0.15, 0.2) is 0 Å². The number of aromatic nitrogens is 1. The molecule has 1 unspecified atom stereocenters. The molecule has 0 bridgehead atoms. The van der Waals surface area contributed by atoms with E-state index in [-0.39, 0.29) is 11.9 Å². The number of rotatable bonds is 4. The summed E-state index contributed by atoms with van der Waals surface area (Å²) in [4.78, 5) is 20.0. The Morgan fingerprint density at radius 1 is 1.50 bits per heavy atom. The van der Waals surface area contributed by atoms with Gasteiger partial charge in [0.1, 0.15) is 4.88 Å². The molecule has 1 aromatic rings. The van der Waals surface area contributed by atoms with Gasteiger partial charge in [-0.15, -0.1) is 11.3 Å². The van der Waals surface area contributed by atoms with Gasteiger partial charge in [-0.3, -0.25) is 4.79 Å². The molecule has 4 nitrogen and oxygen atoms in total. The van der Waals surface area contributed by atoms with Crippen LogP contribution in [-0.4, -0.2) is 41.5 Å². The molecule has 0 aromatic carbocycles. The van der Waals surface area contributed by atoms with Crippen molar-refractivity contribution in [3.8, 4) is 0 Å². The van der Waals surface area contributed by atoms with Crippen molar-refractivity contribution < 1.29 is 4.79 Å². The first-order valence-electron chi connectivity index (χ1n) is 7.44. The van der Waals surface area contributed by atoms with Gasteiger partial charge in [0.05, 0.1) is 10.7 Å². The fourth-order valence-electron chi connectivity index (χ4n) is 2.75. The number of aryl methyl sites for hydroxylation is 2. The van der Waals surface area contributed by atoms with E-state index >= 15 is 0 Å². The second-order valence-corrected chi connectivity index (χ2v) is 7.11. The lowest BCUT2D eigenvalue weighted by molar-refractivity contribution is 0.0665. The molecular weight excluding hydrogens is 270 g/mol. The highest BCUT2D eigenvalue weighted by Crippen LogP contribution is 2.22. The molecule has 1 saturated heterocycles. The van der Waals surface area contributed by atoms with E-state index in [1.165, 1.54) is 24.2 Å². The van der Waals surface area contributed by atoms with E-state index in [9.17, 15) is 4.79 Å². The lowest BCUT2D eigenvalue weighted by atomic mass is 9.98. The van der Waals surface area contributed by atoms with Crippen LogP contribution in [0.2, 0.25) is 0 Å². The summed E-state index contributed by atoms with van der Waals surface area (Å²) in [5, 5.41) is 4.39. The Hall–Kier alpha value is -0.940. The van der Waals surface area contributed by atoms with E-state index in [1.54, 1.807) is 0 Å². The summed E-state index contributed by atoms with van der Waals surface area (Å²) in [6.45, 7) is 11.1. The molecule has 1 fully saturated rings. The van der Waals surface area contributed by atoms with Gasteiger partial charge >= 0.3 is 0 Å². The maximum atomic E-state index is 12.8. The number of carbonyl (C=O) groups is 1. The molecule has 112 valence electrons. The lowest BCUT2D eigenvalue weighted by Gasteiger charge is -2.32. The Balaban J connectivity index is 2.11. The van der Waals surface area contributed by atoms with Gasteiger partial charge in [0.15, 0.2) is 0 Å². The van der Waals surface area contributed by atoms with Crippen molar-refractivity contribution in [3.63, 3.8) is 0 Å². The van der Waals surface area contributed by atoms with Crippen molar-refractivity contribution in [2.75, 3.05) is 19.6 Å². The Labute approximate surface area is 125 Å². The smallest absolute Gasteiger partial charge is 0.266 e. The average molecular weight is 295 g/mol. The van der Waals surface area contributed by atoms with Gasteiger partial charge in [-0.05, 0) is 59.5 Å². The third-order valence-electron chi connectivity index (χ3n) is 3.84. The first-order chi connectivity index (χ1) is 9.49. The van der Waals surface area contributed by atoms with Crippen molar-refractivity contribution in [2.45, 2.75) is 46.6 Å². The van der Waals surface area contributed by atoms with Gasteiger partial charge in [0.25, 0.3) is 5.91 Å². The summed E-state index contributed by atoms with van der Waals surface area (Å²) in [5.74, 6) is 0.720. The zero-order valence-electron chi connectivity index (χ0n) is 12.9. The van der Waals surface area contributed by atoms with Crippen LogP contribution in [0.25, 0.3) is 0 Å². The first kappa shape index (κ1) is 15.4. The van der Waals surface area contributed by atoms with Crippen LogP contribution in [0.1, 0.15) is 47.1 Å². The summed E-state index contributed by atoms with van der Waals surface area (Å²) in [6, 6.07) is 0.228. The molecule has 1 aliphatic rings. The van der Waals surface area contributed by atoms with E-state index in [0.717, 1.165) is 35.2 Å². The van der Waals surface area contributed by atoms with Crippen LogP contribution < -0.4 is 5.32 Å². The molecule has 1 atom stereocenters. The molecule has 2 rings (SSSR count). The summed E-state index contributed by atoms with van der Waals surface area (Å²) in [7, 11) is 0. The molecular formula is C15H25N3OS. The second kappa shape index (κ2) is 6.68. The number of piperidine rings is 1. The van der Waals surface area contributed by atoms with E-state index in [2.05, 4.69) is 24.1 Å². The first-order valence-corrected chi connectivity index (χ1v) is 8.26. The minimum Gasteiger partial charge on any atom is -0.335 e. The Kier molecular flexibility index (Phi) is 5.16. The van der Waals surface area contributed by atoms with Gasteiger partial charge in [-0.25, -0.2) is 4.98 Å². The fourth-order valence-corrected chi connectivity index (χ4v) is 3.62. The fraction of sp³-hybridized carbons (Fsp3) is 0.733. The molecule has 20 heavy (non-hydrogen) atoms. The molecule has 0 saturated carbocycles. The second-order valence-electron chi connectivity index (χ2n) is 5.91. The summed E-state index contributed by atoms with van der Waals surface area (Å²) in [5.41, 5.74) is 0.866. The molecule has 1 aliphatic heterocycles. The zero-order valence-corrected chi connectivity index (χ0v) is 13.7. The largest absolute Gasteiger partial charge is 0.335 e. The Morgan fingerprint density at radius 2 is 2.25 bits per heavy atom. The quantitative estimate of drug-likeness (QED) is 0.928. The van der Waals surface area contributed by atoms with Crippen LogP contribution >= 0.6 is 11.3 Å². The zero-order chi connectivity index (χ0) is 14.7. The predicted octanol–water partition coefficient (Wildman–Crippen LogP) is 2.61. The molecule has 5 heteroatoms. The maximum Gasteiger partial charge on any atom is 0.266 e. The summed E-state index contributed by atoms with van der Waals surface area (Å²) < 4.78 is 0. The topological polar surface area (TPSA) is 45.2 Å². The number of hydrogen-bond donors (Lipinski definition) is 1.